The highest BCUT2D eigenvalue weighted by Crippen LogP contribution is 2.19. The van der Waals surface area contributed by atoms with Gasteiger partial charge in [0.2, 0.25) is 0 Å². The van der Waals surface area contributed by atoms with Crippen molar-refractivity contribution in [1.82, 2.24) is 4.57 Å². The Hall–Kier alpha value is -2.76. The van der Waals surface area contributed by atoms with Gasteiger partial charge >= 0.3 is 0 Å². The summed E-state index contributed by atoms with van der Waals surface area (Å²) in [6, 6.07) is 9.99. The van der Waals surface area contributed by atoms with Crippen LogP contribution in [0.1, 0.15) is 17.3 Å². The topological polar surface area (TPSA) is 68.5 Å². The van der Waals surface area contributed by atoms with Gasteiger partial charge in [-0.2, -0.15) is 4.99 Å². The van der Waals surface area contributed by atoms with Crippen LogP contribution < -0.4 is 4.80 Å². The maximum atomic E-state index is 13.5. The molecular weight excluding hydrogens is 387 g/mol. The summed E-state index contributed by atoms with van der Waals surface area (Å²) in [5.41, 5.74) is 0.827. The molecule has 0 atom stereocenters. The van der Waals surface area contributed by atoms with Gasteiger partial charge in [0.25, 0.3) is 5.91 Å². The van der Waals surface area contributed by atoms with Crippen molar-refractivity contribution < 1.29 is 17.6 Å². The molecule has 0 aliphatic rings. The van der Waals surface area contributed by atoms with Gasteiger partial charge in [-0.1, -0.05) is 30.2 Å². The third-order valence-electron chi connectivity index (χ3n) is 3.91. The summed E-state index contributed by atoms with van der Waals surface area (Å²) in [6.07, 6.45) is 5.40. The summed E-state index contributed by atoms with van der Waals surface area (Å²) in [5.74, 6) is 1.44. The van der Waals surface area contributed by atoms with Gasteiger partial charge in [0.05, 0.1) is 27.4 Å². The second kappa shape index (κ2) is 7.47. The monoisotopic (exact) mass is 402 g/mol. The Labute approximate surface area is 159 Å². The standard InChI is InChI=1S/C19H15FN2O3S2/c1-3-10-22-16-9-8-14(20)12-17(16)26-19(22)21-18(23)13-6-5-7-15(11-13)27(24,25)4-2/h1,5-9,11-12H,4,10H2,2H3. The fraction of sp³-hybridized carbons (Fsp3) is 0.158. The minimum absolute atomic E-state index is 0.0637. The molecule has 3 rings (SSSR count). The molecule has 0 saturated heterocycles. The number of terminal acetylenes is 1. The van der Waals surface area contributed by atoms with E-state index < -0.39 is 21.6 Å². The smallest absolute Gasteiger partial charge is 0.279 e. The van der Waals surface area contributed by atoms with Crippen LogP contribution in [0.15, 0.2) is 52.4 Å². The van der Waals surface area contributed by atoms with Crippen LogP contribution in [0.2, 0.25) is 0 Å². The Morgan fingerprint density at radius 3 is 2.78 bits per heavy atom. The molecule has 0 aliphatic carbocycles. The van der Waals surface area contributed by atoms with Crippen LogP contribution in [0.3, 0.4) is 0 Å². The first-order valence-electron chi connectivity index (χ1n) is 8.00. The number of amides is 1. The van der Waals surface area contributed by atoms with Gasteiger partial charge in [0.15, 0.2) is 14.6 Å². The first-order chi connectivity index (χ1) is 12.9. The maximum absolute atomic E-state index is 13.5. The lowest BCUT2D eigenvalue weighted by atomic mass is 10.2. The van der Waals surface area contributed by atoms with Crippen molar-refractivity contribution in [2.24, 2.45) is 4.99 Å². The number of thiazole rings is 1. The number of sulfone groups is 1. The molecule has 1 amide bonds. The van der Waals surface area contributed by atoms with Crippen molar-refractivity contribution >= 4 is 37.3 Å². The first kappa shape index (κ1) is 19.0. The summed E-state index contributed by atoms with van der Waals surface area (Å²) in [5, 5.41) is 0. The molecule has 2 aromatic carbocycles. The first-order valence-corrected chi connectivity index (χ1v) is 10.5. The Balaban J connectivity index is 2.12. The number of fused-ring (bicyclic) bond motifs is 1. The van der Waals surface area contributed by atoms with E-state index in [1.165, 1.54) is 43.3 Å². The summed E-state index contributed by atoms with van der Waals surface area (Å²) in [4.78, 5) is 17.1. The number of benzene rings is 2. The van der Waals surface area contributed by atoms with Crippen molar-refractivity contribution in [2.45, 2.75) is 18.4 Å². The molecule has 0 radical (unpaired) electrons. The molecule has 0 spiro atoms. The molecule has 138 valence electrons. The number of halogens is 1. The fourth-order valence-corrected chi connectivity index (χ4v) is 4.50. The molecule has 1 heterocycles. The van der Waals surface area contributed by atoms with Crippen molar-refractivity contribution in [3.63, 3.8) is 0 Å². The molecule has 0 bridgehead atoms. The highest BCUT2D eigenvalue weighted by molar-refractivity contribution is 7.91. The van der Waals surface area contributed by atoms with Crippen molar-refractivity contribution in [2.75, 3.05) is 5.75 Å². The molecule has 0 N–H and O–H groups in total. The van der Waals surface area contributed by atoms with Crippen LogP contribution in [-0.4, -0.2) is 24.6 Å². The molecule has 0 fully saturated rings. The van der Waals surface area contributed by atoms with Gasteiger partial charge in [0, 0.05) is 5.56 Å². The third-order valence-corrected chi connectivity index (χ3v) is 6.68. The second-order valence-electron chi connectivity index (χ2n) is 5.64. The SMILES string of the molecule is C#CCn1c(=NC(=O)c2cccc(S(=O)(=O)CC)c2)sc2cc(F)ccc21. The van der Waals surface area contributed by atoms with E-state index in [9.17, 15) is 17.6 Å². The second-order valence-corrected chi connectivity index (χ2v) is 8.92. The van der Waals surface area contributed by atoms with E-state index in [0.717, 1.165) is 11.3 Å². The zero-order chi connectivity index (χ0) is 19.6. The van der Waals surface area contributed by atoms with E-state index in [1.807, 2.05) is 0 Å². The van der Waals surface area contributed by atoms with Gasteiger partial charge in [-0.05, 0) is 36.4 Å². The van der Waals surface area contributed by atoms with Gasteiger partial charge in [-0.3, -0.25) is 4.79 Å². The van der Waals surface area contributed by atoms with E-state index in [2.05, 4.69) is 10.9 Å². The average molecular weight is 402 g/mol. The van der Waals surface area contributed by atoms with Crippen molar-refractivity contribution in [3.05, 3.63) is 58.6 Å². The van der Waals surface area contributed by atoms with Crippen molar-refractivity contribution in [3.8, 4) is 12.3 Å². The Morgan fingerprint density at radius 2 is 2.07 bits per heavy atom. The lowest BCUT2D eigenvalue weighted by Gasteiger charge is -2.03. The normalized spacial score (nSPS) is 12.3. The van der Waals surface area contributed by atoms with Crippen molar-refractivity contribution in [1.29, 1.82) is 0 Å². The number of hydrogen-bond acceptors (Lipinski definition) is 4. The number of aromatic nitrogens is 1. The summed E-state index contributed by atoms with van der Waals surface area (Å²) in [7, 11) is -3.43. The zero-order valence-electron chi connectivity index (χ0n) is 14.3. The molecule has 0 unspecified atom stereocenters. The Bertz CT molecular complexity index is 1250. The minimum atomic E-state index is -3.43. The maximum Gasteiger partial charge on any atom is 0.279 e. The Morgan fingerprint density at radius 1 is 1.30 bits per heavy atom. The predicted molar refractivity (Wildman–Crippen MR) is 103 cm³/mol. The number of carbonyl (C=O) groups excluding carboxylic acids is 1. The molecule has 0 aliphatic heterocycles. The Kier molecular flexibility index (Phi) is 5.26. The lowest BCUT2D eigenvalue weighted by molar-refractivity contribution is 0.0997. The van der Waals surface area contributed by atoms with Gasteiger partial charge in [0.1, 0.15) is 5.82 Å². The minimum Gasteiger partial charge on any atom is -0.305 e. The lowest BCUT2D eigenvalue weighted by Crippen LogP contribution is -2.16. The molecule has 8 heteroatoms. The molecule has 5 nitrogen and oxygen atoms in total. The van der Waals surface area contributed by atoms with Gasteiger partial charge in [-0.25, -0.2) is 12.8 Å². The van der Waals surface area contributed by atoms with E-state index >= 15 is 0 Å². The van der Waals surface area contributed by atoms with E-state index in [-0.39, 0.29) is 22.8 Å². The summed E-state index contributed by atoms with van der Waals surface area (Å²) >= 11 is 1.14. The molecule has 27 heavy (non-hydrogen) atoms. The predicted octanol–water partition coefficient (Wildman–Crippen LogP) is 3.01. The third kappa shape index (κ3) is 3.84. The molecule has 3 aromatic rings. The van der Waals surface area contributed by atoms with Crippen LogP contribution in [-0.2, 0) is 16.4 Å². The van der Waals surface area contributed by atoms with Crippen LogP contribution in [0.4, 0.5) is 4.39 Å². The summed E-state index contributed by atoms with van der Waals surface area (Å²) in [6.45, 7) is 1.70. The number of rotatable bonds is 4. The van der Waals surface area contributed by atoms with Gasteiger partial charge in [-0.15, -0.1) is 6.42 Å². The number of carbonyl (C=O) groups is 1. The number of hydrogen-bond donors (Lipinski definition) is 0. The molecule has 1 aromatic heterocycles. The van der Waals surface area contributed by atoms with E-state index in [0.29, 0.717) is 15.0 Å². The quantitative estimate of drug-likeness (QED) is 0.630. The highest BCUT2D eigenvalue weighted by Gasteiger charge is 2.15. The fourth-order valence-electron chi connectivity index (χ4n) is 2.52. The average Bonchev–Trinajstić information content (AvgIpc) is 2.98. The number of nitrogens with zero attached hydrogens (tertiary/aromatic N) is 2. The summed E-state index contributed by atoms with van der Waals surface area (Å²) < 4.78 is 39.8. The van der Waals surface area contributed by atoms with Crippen LogP contribution in [0.5, 0.6) is 0 Å². The van der Waals surface area contributed by atoms with Gasteiger partial charge < -0.3 is 4.57 Å². The van der Waals surface area contributed by atoms with E-state index in [1.54, 1.807) is 10.6 Å². The van der Waals surface area contributed by atoms with Crippen LogP contribution in [0, 0.1) is 18.2 Å². The van der Waals surface area contributed by atoms with Crippen LogP contribution in [0.25, 0.3) is 10.2 Å². The highest BCUT2D eigenvalue weighted by atomic mass is 32.2. The van der Waals surface area contributed by atoms with E-state index in [4.69, 9.17) is 6.42 Å². The molecule has 0 saturated carbocycles. The molecular formula is C19H15FN2O3S2. The largest absolute Gasteiger partial charge is 0.305 e. The zero-order valence-corrected chi connectivity index (χ0v) is 16.0. The van der Waals surface area contributed by atoms with Crippen LogP contribution >= 0.6 is 11.3 Å².